The molecule has 0 aliphatic carbocycles. The molecule has 8 nitrogen and oxygen atoms in total. The number of nitrogens with one attached hydrogen (secondary N) is 2. The molecule has 0 radical (unpaired) electrons. The van der Waals surface area contributed by atoms with Crippen LogP contribution in [-0.2, 0) is 14.8 Å². The van der Waals surface area contributed by atoms with Gasteiger partial charge in [-0.2, -0.15) is 0 Å². The van der Waals surface area contributed by atoms with Gasteiger partial charge in [-0.3, -0.25) is 4.79 Å². The number of halogens is 2. The topological polar surface area (TPSA) is 122 Å². The Labute approximate surface area is 210 Å². The molecule has 1 aliphatic heterocycles. The van der Waals surface area contributed by atoms with Gasteiger partial charge in [-0.1, -0.05) is 40.2 Å². The van der Waals surface area contributed by atoms with Gasteiger partial charge in [0, 0.05) is 22.3 Å². The van der Waals surface area contributed by atoms with Crippen molar-refractivity contribution in [1.29, 1.82) is 0 Å². The van der Waals surface area contributed by atoms with Crippen molar-refractivity contribution in [1.82, 2.24) is 4.90 Å². The number of carbonyl (C=O) groups excluding carboxylic acids is 2. The van der Waals surface area contributed by atoms with Crippen molar-refractivity contribution >= 4 is 49.3 Å². The molecule has 4 N–H and O–H groups in total. The number of amides is 3. The van der Waals surface area contributed by atoms with E-state index in [4.69, 9.17) is 5.14 Å². The van der Waals surface area contributed by atoms with Gasteiger partial charge in [-0.05, 0) is 60.9 Å². The summed E-state index contributed by atoms with van der Waals surface area (Å²) in [5.74, 6) is -1.26. The number of carbonyl (C=O) groups is 2. The van der Waals surface area contributed by atoms with Gasteiger partial charge < -0.3 is 15.5 Å². The molecule has 3 aromatic carbocycles. The first-order valence-electron chi connectivity index (χ1n) is 10.7. The van der Waals surface area contributed by atoms with Crippen LogP contribution in [0.3, 0.4) is 0 Å². The Bertz CT molecular complexity index is 1380. The van der Waals surface area contributed by atoms with Crippen LogP contribution < -0.4 is 15.8 Å². The lowest BCUT2D eigenvalue weighted by atomic mass is 10.0. The number of hydrogen-bond donors (Lipinski definition) is 3. The number of rotatable bonds is 5. The van der Waals surface area contributed by atoms with Crippen LogP contribution in [-0.4, -0.2) is 37.8 Å². The molecule has 3 amide bonds. The Hall–Kier alpha value is -3.28. The predicted molar refractivity (Wildman–Crippen MR) is 135 cm³/mol. The summed E-state index contributed by atoms with van der Waals surface area (Å²) in [4.78, 5) is 26.9. The van der Waals surface area contributed by atoms with Crippen molar-refractivity contribution in [3.8, 4) is 11.1 Å². The van der Waals surface area contributed by atoms with Crippen LogP contribution in [0, 0.1) is 5.82 Å². The summed E-state index contributed by atoms with van der Waals surface area (Å²) < 4.78 is 39.5. The molecule has 1 unspecified atom stereocenters. The summed E-state index contributed by atoms with van der Waals surface area (Å²) in [5.41, 5.74) is 1.05. The van der Waals surface area contributed by atoms with E-state index in [1.54, 1.807) is 30.3 Å². The van der Waals surface area contributed by atoms with Crippen LogP contribution in [0.25, 0.3) is 11.1 Å². The van der Waals surface area contributed by atoms with E-state index in [-0.39, 0.29) is 16.1 Å². The number of benzene rings is 3. The van der Waals surface area contributed by atoms with Crippen LogP contribution >= 0.6 is 15.9 Å². The third-order valence-corrected chi connectivity index (χ3v) is 7.14. The zero-order chi connectivity index (χ0) is 25.2. The first kappa shape index (κ1) is 24.8. The molecule has 35 heavy (non-hydrogen) atoms. The number of likely N-dealkylation sites (tertiary alicyclic amines) is 1. The maximum absolute atomic E-state index is 14.9. The molecule has 3 aromatic rings. The summed E-state index contributed by atoms with van der Waals surface area (Å²) in [7, 11) is -4.01. The van der Waals surface area contributed by atoms with Gasteiger partial charge in [0.05, 0.1) is 10.6 Å². The molecule has 1 atom stereocenters. The van der Waals surface area contributed by atoms with E-state index >= 15 is 0 Å². The van der Waals surface area contributed by atoms with E-state index in [2.05, 4.69) is 26.6 Å². The second kappa shape index (κ2) is 10.1. The molecular formula is C24H22BrFN4O4S. The fourth-order valence-electron chi connectivity index (χ4n) is 3.96. The third kappa shape index (κ3) is 5.69. The van der Waals surface area contributed by atoms with E-state index in [0.29, 0.717) is 30.6 Å². The third-order valence-electron chi connectivity index (χ3n) is 5.64. The van der Waals surface area contributed by atoms with Crippen LogP contribution in [0.1, 0.15) is 12.8 Å². The van der Waals surface area contributed by atoms with Crippen molar-refractivity contribution in [3.63, 3.8) is 0 Å². The van der Waals surface area contributed by atoms with Gasteiger partial charge in [0.1, 0.15) is 11.9 Å². The summed E-state index contributed by atoms with van der Waals surface area (Å²) in [6, 6.07) is 15.9. The Morgan fingerprint density at radius 2 is 1.74 bits per heavy atom. The smallest absolute Gasteiger partial charge is 0.322 e. The molecule has 1 aliphatic rings. The lowest BCUT2D eigenvalue weighted by Crippen LogP contribution is -2.45. The summed E-state index contributed by atoms with van der Waals surface area (Å²) in [6.07, 6.45) is 1.08. The fourth-order valence-corrected chi connectivity index (χ4v) is 4.99. The molecule has 1 saturated heterocycles. The minimum Gasteiger partial charge on any atom is -0.322 e. The Morgan fingerprint density at radius 3 is 2.43 bits per heavy atom. The average Bonchev–Trinajstić information content (AvgIpc) is 3.32. The van der Waals surface area contributed by atoms with E-state index in [1.807, 2.05) is 0 Å². The number of sulfonamides is 1. The predicted octanol–water partition coefficient (Wildman–Crippen LogP) is 4.54. The van der Waals surface area contributed by atoms with Gasteiger partial charge in [-0.15, -0.1) is 0 Å². The van der Waals surface area contributed by atoms with Gasteiger partial charge in [0.25, 0.3) is 0 Å². The highest BCUT2D eigenvalue weighted by molar-refractivity contribution is 9.10. The van der Waals surface area contributed by atoms with Crippen molar-refractivity contribution in [2.24, 2.45) is 5.14 Å². The zero-order valence-corrected chi connectivity index (χ0v) is 20.8. The molecule has 11 heteroatoms. The van der Waals surface area contributed by atoms with Gasteiger partial charge in [0.15, 0.2) is 0 Å². The fraction of sp³-hybridized carbons (Fsp3) is 0.167. The molecule has 4 rings (SSSR count). The molecule has 0 saturated carbocycles. The largest absolute Gasteiger partial charge is 0.322 e. The van der Waals surface area contributed by atoms with Gasteiger partial charge >= 0.3 is 6.03 Å². The molecule has 182 valence electrons. The highest BCUT2D eigenvalue weighted by Crippen LogP contribution is 2.30. The average molecular weight is 561 g/mol. The number of hydrogen-bond acceptors (Lipinski definition) is 4. The number of primary sulfonamides is 1. The SMILES string of the molecule is NS(=O)(=O)c1ccccc1-c1ccc(NC(=O)C2CCCN2C(=O)Nc2ccc(Br)cc2)c(F)c1. The lowest BCUT2D eigenvalue weighted by molar-refractivity contribution is -0.119. The normalized spacial score (nSPS) is 15.6. The lowest BCUT2D eigenvalue weighted by Gasteiger charge is -2.24. The standard InChI is InChI=1S/C24H22BrFN4O4S/c25-16-8-10-17(11-9-16)28-24(32)30-13-3-5-21(30)23(31)29-20-12-7-15(14-19(20)26)18-4-1-2-6-22(18)35(27,33)34/h1-2,4,6-12,14,21H,3,5,13H2,(H,28,32)(H,29,31)(H2,27,33,34). The zero-order valence-electron chi connectivity index (χ0n) is 18.4. The van der Waals surface area contributed by atoms with Gasteiger partial charge in [-0.25, -0.2) is 22.7 Å². The second-order valence-electron chi connectivity index (χ2n) is 8.01. The minimum atomic E-state index is -4.01. The van der Waals surface area contributed by atoms with Crippen LogP contribution in [0.2, 0.25) is 0 Å². The first-order valence-corrected chi connectivity index (χ1v) is 13.0. The Kier molecular flexibility index (Phi) is 7.20. The number of anilines is 2. The summed E-state index contributed by atoms with van der Waals surface area (Å²) in [5, 5.41) is 10.6. The first-order chi connectivity index (χ1) is 16.6. The van der Waals surface area contributed by atoms with E-state index in [9.17, 15) is 22.4 Å². The molecular weight excluding hydrogens is 539 g/mol. The maximum atomic E-state index is 14.9. The number of nitrogens with two attached hydrogens (primary N) is 1. The molecule has 1 fully saturated rings. The van der Waals surface area contributed by atoms with Crippen molar-refractivity contribution in [3.05, 3.63) is 77.0 Å². The van der Waals surface area contributed by atoms with Crippen LogP contribution in [0.4, 0.5) is 20.6 Å². The molecule has 0 aromatic heterocycles. The molecule has 1 heterocycles. The summed E-state index contributed by atoms with van der Waals surface area (Å²) in [6.45, 7) is 0.395. The Balaban J connectivity index is 1.49. The maximum Gasteiger partial charge on any atom is 0.322 e. The highest BCUT2D eigenvalue weighted by Gasteiger charge is 2.34. The van der Waals surface area contributed by atoms with Gasteiger partial charge in [0.2, 0.25) is 15.9 Å². The monoisotopic (exact) mass is 560 g/mol. The van der Waals surface area contributed by atoms with E-state index in [0.717, 1.165) is 10.5 Å². The number of urea groups is 1. The van der Waals surface area contributed by atoms with Crippen molar-refractivity contribution in [2.75, 3.05) is 17.2 Å². The van der Waals surface area contributed by atoms with E-state index < -0.39 is 33.8 Å². The molecule has 0 spiro atoms. The quantitative estimate of drug-likeness (QED) is 0.424. The van der Waals surface area contributed by atoms with Crippen molar-refractivity contribution in [2.45, 2.75) is 23.8 Å². The highest BCUT2D eigenvalue weighted by atomic mass is 79.9. The van der Waals surface area contributed by atoms with Crippen LogP contribution in [0.15, 0.2) is 76.1 Å². The van der Waals surface area contributed by atoms with Crippen LogP contribution in [0.5, 0.6) is 0 Å². The Morgan fingerprint density at radius 1 is 1.03 bits per heavy atom. The summed E-state index contributed by atoms with van der Waals surface area (Å²) >= 11 is 3.33. The second-order valence-corrected chi connectivity index (χ2v) is 10.5. The van der Waals surface area contributed by atoms with Crippen molar-refractivity contribution < 1.29 is 22.4 Å². The minimum absolute atomic E-state index is 0.0768. The molecule has 0 bridgehead atoms. The van der Waals surface area contributed by atoms with E-state index in [1.165, 1.54) is 35.2 Å². The number of nitrogens with zero attached hydrogens (tertiary/aromatic N) is 1.